The molecule has 0 spiro atoms. The van der Waals surface area contributed by atoms with Crippen LogP contribution < -0.4 is 26.6 Å². The number of rotatable bonds is 9. The Bertz CT molecular complexity index is 1290. The number of H-pyrrole nitrogens is 1. The standard InChI is InChI=1S/C28H36N4O4/c1-19(2)17-31(23(33)15-16-36-22-13-11-21(12-14-22)28(3,4)5)24-25(29)32(27(35)30-26(24)34)18-20-9-7-6-8-10-20/h6-14,19H,15-18,29H2,1-5H3,(H,30,34,35). The number of hydrogen-bond donors (Lipinski definition) is 2. The van der Waals surface area contributed by atoms with E-state index >= 15 is 0 Å². The van der Waals surface area contributed by atoms with Gasteiger partial charge in [-0.1, -0.05) is 77.1 Å². The van der Waals surface area contributed by atoms with Gasteiger partial charge in [0, 0.05) is 6.54 Å². The second-order valence-electron chi connectivity index (χ2n) is 10.3. The van der Waals surface area contributed by atoms with Crippen LogP contribution in [0.1, 0.15) is 52.2 Å². The minimum Gasteiger partial charge on any atom is -0.493 e. The fourth-order valence-electron chi connectivity index (χ4n) is 3.89. The number of ether oxygens (including phenoxy) is 1. The first-order chi connectivity index (χ1) is 17.0. The summed E-state index contributed by atoms with van der Waals surface area (Å²) in [6, 6.07) is 17.1. The highest BCUT2D eigenvalue weighted by Gasteiger charge is 2.25. The Balaban J connectivity index is 1.81. The van der Waals surface area contributed by atoms with Crippen LogP contribution in [0, 0.1) is 5.92 Å². The largest absolute Gasteiger partial charge is 0.493 e. The Labute approximate surface area is 211 Å². The van der Waals surface area contributed by atoms with Crippen molar-refractivity contribution >= 4 is 17.4 Å². The molecule has 0 fully saturated rings. The fourth-order valence-corrected chi connectivity index (χ4v) is 3.89. The molecule has 0 atom stereocenters. The lowest BCUT2D eigenvalue weighted by molar-refractivity contribution is -0.119. The molecule has 2 aromatic carbocycles. The third-order valence-corrected chi connectivity index (χ3v) is 5.82. The van der Waals surface area contributed by atoms with Gasteiger partial charge in [-0.3, -0.25) is 19.1 Å². The van der Waals surface area contributed by atoms with Gasteiger partial charge in [-0.05, 0) is 34.6 Å². The average Bonchev–Trinajstić information content (AvgIpc) is 2.81. The molecule has 1 heterocycles. The summed E-state index contributed by atoms with van der Waals surface area (Å²) in [5.41, 5.74) is 7.08. The zero-order valence-electron chi connectivity index (χ0n) is 21.7. The van der Waals surface area contributed by atoms with E-state index in [0.717, 1.165) is 5.56 Å². The van der Waals surface area contributed by atoms with Crippen LogP contribution in [0.3, 0.4) is 0 Å². The molecule has 0 aliphatic carbocycles. The van der Waals surface area contributed by atoms with Gasteiger partial charge in [0.05, 0.1) is 19.6 Å². The maximum Gasteiger partial charge on any atom is 0.330 e. The SMILES string of the molecule is CC(C)CN(C(=O)CCOc1ccc(C(C)(C)C)cc1)c1c(N)n(Cc2ccccc2)c(=O)[nH]c1=O. The molecule has 1 amide bonds. The van der Waals surface area contributed by atoms with Crippen LogP contribution in [0.5, 0.6) is 5.75 Å². The molecule has 8 nitrogen and oxygen atoms in total. The monoisotopic (exact) mass is 492 g/mol. The summed E-state index contributed by atoms with van der Waals surface area (Å²) in [6.07, 6.45) is 0.0461. The second kappa shape index (κ2) is 11.3. The normalized spacial score (nSPS) is 11.5. The fraction of sp³-hybridized carbons (Fsp3) is 0.393. The number of carbonyl (C=O) groups excluding carboxylic acids is 1. The number of nitrogen functional groups attached to an aromatic ring is 1. The number of nitrogens with two attached hydrogens (primary N) is 1. The highest BCUT2D eigenvalue weighted by atomic mass is 16.5. The van der Waals surface area contributed by atoms with E-state index in [9.17, 15) is 14.4 Å². The van der Waals surface area contributed by atoms with Gasteiger partial charge in [-0.15, -0.1) is 0 Å². The molecule has 0 unspecified atom stereocenters. The number of hydrogen-bond acceptors (Lipinski definition) is 5. The Morgan fingerprint density at radius 1 is 1.06 bits per heavy atom. The van der Waals surface area contributed by atoms with Crippen LogP contribution in [0.25, 0.3) is 0 Å². The second-order valence-corrected chi connectivity index (χ2v) is 10.3. The van der Waals surface area contributed by atoms with Crippen LogP contribution in [-0.2, 0) is 16.8 Å². The first-order valence-corrected chi connectivity index (χ1v) is 12.2. The number of nitrogens with zero attached hydrogens (tertiary/aromatic N) is 2. The maximum atomic E-state index is 13.3. The van der Waals surface area contributed by atoms with E-state index in [-0.39, 0.29) is 54.9 Å². The van der Waals surface area contributed by atoms with E-state index in [4.69, 9.17) is 10.5 Å². The molecule has 0 aliphatic rings. The van der Waals surface area contributed by atoms with E-state index < -0.39 is 11.2 Å². The smallest absolute Gasteiger partial charge is 0.330 e. The van der Waals surface area contributed by atoms with Gasteiger partial charge in [-0.2, -0.15) is 0 Å². The lowest BCUT2D eigenvalue weighted by Gasteiger charge is -2.26. The number of aromatic amines is 1. The van der Waals surface area contributed by atoms with Gasteiger partial charge in [0.15, 0.2) is 5.69 Å². The van der Waals surface area contributed by atoms with Crippen LogP contribution >= 0.6 is 0 Å². The molecular weight excluding hydrogens is 456 g/mol. The molecule has 36 heavy (non-hydrogen) atoms. The molecule has 0 bridgehead atoms. The third-order valence-electron chi connectivity index (χ3n) is 5.82. The Kier molecular flexibility index (Phi) is 8.40. The molecular formula is C28H36N4O4. The highest BCUT2D eigenvalue weighted by Crippen LogP contribution is 2.25. The number of benzene rings is 2. The molecule has 3 N–H and O–H groups in total. The van der Waals surface area contributed by atoms with Gasteiger partial charge in [0.1, 0.15) is 11.6 Å². The number of amides is 1. The zero-order valence-corrected chi connectivity index (χ0v) is 21.7. The van der Waals surface area contributed by atoms with Gasteiger partial charge in [0.2, 0.25) is 5.91 Å². The third kappa shape index (κ3) is 6.65. The lowest BCUT2D eigenvalue weighted by Crippen LogP contribution is -2.43. The van der Waals surface area contributed by atoms with Crippen molar-refractivity contribution in [3.05, 3.63) is 86.6 Å². The van der Waals surface area contributed by atoms with E-state index in [2.05, 4.69) is 25.8 Å². The van der Waals surface area contributed by atoms with Crippen LogP contribution in [0.2, 0.25) is 0 Å². The van der Waals surface area contributed by atoms with E-state index in [1.54, 1.807) is 0 Å². The van der Waals surface area contributed by atoms with E-state index in [0.29, 0.717) is 5.75 Å². The van der Waals surface area contributed by atoms with Crippen LogP contribution in [-0.4, -0.2) is 28.6 Å². The van der Waals surface area contributed by atoms with E-state index in [1.165, 1.54) is 15.0 Å². The van der Waals surface area contributed by atoms with Gasteiger partial charge >= 0.3 is 5.69 Å². The molecule has 3 rings (SSSR count). The van der Waals surface area contributed by atoms with Crippen molar-refractivity contribution in [3.8, 4) is 5.75 Å². The highest BCUT2D eigenvalue weighted by molar-refractivity contribution is 5.95. The lowest BCUT2D eigenvalue weighted by atomic mass is 9.87. The van der Waals surface area contributed by atoms with Gasteiger partial charge < -0.3 is 15.4 Å². The summed E-state index contributed by atoms with van der Waals surface area (Å²) >= 11 is 0. The number of nitrogens with one attached hydrogen (secondary N) is 1. The van der Waals surface area contributed by atoms with Crippen molar-refractivity contribution in [1.82, 2.24) is 9.55 Å². The van der Waals surface area contributed by atoms with Gasteiger partial charge in [0.25, 0.3) is 5.56 Å². The maximum absolute atomic E-state index is 13.3. The molecule has 8 heteroatoms. The number of anilines is 2. The molecule has 192 valence electrons. The van der Waals surface area contributed by atoms with Crippen molar-refractivity contribution in [3.63, 3.8) is 0 Å². The minimum absolute atomic E-state index is 0.0150. The summed E-state index contributed by atoms with van der Waals surface area (Å²) in [5, 5.41) is 0. The number of aromatic nitrogens is 2. The van der Waals surface area contributed by atoms with Crippen molar-refractivity contribution in [2.45, 2.75) is 53.0 Å². The minimum atomic E-state index is -0.686. The van der Waals surface area contributed by atoms with Crippen molar-refractivity contribution in [2.24, 2.45) is 5.92 Å². The Hall–Kier alpha value is -3.81. The van der Waals surface area contributed by atoms with E-state index in [1.807, 2.05) is 68.4 Å². The number of carbonyl (C=O) groups is 1. The first-order valence-electron chi connectivity index (χ1n) is 12.2. The van der Waals surface area contributed by atoms with Crippen LogP contribution in [0.15, 0.2) is 64.2 Å². The molecule has 0 radical (unpaired) electrons. The molecule has 1 aromatic heterocycles. The summed E-state index contributed by atoms with van der Waals surface area (Å²) in [5.74, 6) is 0.380. The Morgan fingerprint density at radius 3 is 2.28 bits per heavy atom. The average molecular weight is 493 g/mol. The predicted octanol–water partition coefficient (Wildman–Crippen LogP) is 3.92. The van der Waals surface area contributed by atoms with Crippen molar-refractivity contribution < 1.29 is 9.53 Å². The molecule has 3 aromatic rings. The van der Waals surface area contributed by atoms with Crippen molar-refractivity contribution in [1.29, 1.82) is 0 Å². The molecule has 0 saturated heterocycles. The summed E-state index contributed by atoms with van der Waals surface area (Å²) in [7, 11) is 0. The van der Waals surface area contributed by atoms with Crippen molar-refractivity contribution in [2.75, 3.05) is 23.8 Å². The predicted molar refractivity (Wildman–Crippen MR) is 144 cm³/mol. The summed E-state index contributed by atoms with van der Waals surface area (Å²) in [4.78, 5) is 42.3. The first kappa shape index (κ1) is 26.8. The molecule has 0 saturated carbocycles. The molecule has 0 aliphatic heterocycles. The zero-order chi connectivity index (χ0) is 26.5. The summed E-state index contributed by atoms with van der Waals surface area (Å²) < 4.78 is 7.08. The van der Waals surface area contributed by atoms with Crippen LogP contribution in [0.4, 0.5) is 11.5 Å². The summed E-state index contributed by atoms with van der Waals surface area (Å²) in [6.45, 7) is 10.9. The topological polar surface area (TPSA) is 110 Å². The Morgan fingerprint density at radius 2 is 1.69 bits per heavy atom. The van der Waals surface area contributed by atoms with Gasteiger partial charge in [-0.25, -0.2) is 4.79 Å². The quantitative estimate of drug-likeness (QED) is 0.470.